The Morgan fingerprint density at radius 1 is 1.53 bits per heavy atom. The molecule has 3 N–H and O–H groups in total. The average molecular weight is 210 g/mol. The Morgan fingerprint density at radius 3 is 2.93 bits per heavy atom. The molecule has 3 nitrogen and oxygen atoms in total. The molecule has 0 spiro atoms. The van der Waals surface area contributed by atoms with Crippen LogP contribution in [0.2, 0.25) is 0 Å². The molecule has 0 saturated heterocycles. The number of hydrogen-bond acceptors (Lipinski definition) is 3. The summed E-state index contributed by atoms with van der Waals surface area (Å²) in [5.41, 5.74) is 5.92. The first-order chi connectivity index (χ1) is 7.22. The highest BCUT2D eigenvalue weighted by Crippen LogP contribution is 2.03. The fourth-order valence-electron chi connectivity index (χ4n) is 1.63. The maximum Gasteiger partial charge on any atom is 0.105 e. The Morgan fingerprint density at radius 2 is 2.33 bits per heavy atom. The average Bonchev–Trinajstić information content (AvgIpc) is 2.68. The summed E-state index contributed by atoms with van der Waals surface area (Å²) in [4.78, 5) is 0. The minimum atomic E-state index is 0.272. The molecule has 2 atom stereocenters. The largest absolute Gasteiger partial charge is 0.469 e. The van der Waals surface area contributed by atoms with Crippen molar-refractivity contribution in [3.05, 3.63) is 24.2 Å². The lowest BCUT2D eigenvalue weighted by atomic mass is 10.1. The molecule has 0 radical (unpaired) electrons. The smallest absolute Gasteiger partial charge is 0.105 e. The van der Waals surface area contributed by atoms with Crippen LogP contribution in [0.15, 0.2) is 22.8 Å². The summed E-state index contributed by atoms with van der Waals surface area (Å²) in [6.45, 7) is 5.20. The molecule has 0 amide bonds. The minimum Gasteiger partial charge on any atom is -0.469 e. The molecule has 3 heteroatoms. The van der Waals surface area contributed by atoms with E-state index < -0.39 is 0 Å². The number of rotatable bonds is 7. The van der Waals surface area contributed by atoms with Crippen LogP contribution in [-0.4, -0.2) is 18.6 Å². The topological polar surface area (TPSA) is 51.2 Å². The van der Waals surface area contributed by atoms with Gasteiger partial charge in [0.15, 0.2) is 0 Å². The Bertz CT molecular complexity index is 246. The molecule has 0 aliphatic rings. The van der Waals surface area contributed by atoms with Gasteiger partial charge in [-0.2, -0.15) is 0 Å². The fourth-order valence-corrected chi connectivity index (χ4v) is 1.63. The SMILES string of the molecule is CCCC(N)CNC(C)Cc1ccco1. The van der Waals surface area contributed by atoms with Crippen molar-refractivity contribution in [2.75, 3.05) is 6.54 Å². The minimum absolute atomic E-state index is 0.272. The normalized spacial score (nSPS) is 15.1. The molecule has 2 unspecified atom stereocenters. The molecule has 1 aromatic heterocycles. The van der Waals surface area contributed by atoms with Crippen molar-refractivity contribution in [1.29, 1.82) is 0 Å². The van der Waals surface area contributed by atoms with Crippen molar-refractivity contribution >= 4 is 0 Å². The van der Waals surface area contributed by atoms with Gasteiger partial charge in [0, 0.05) is 25.0 Å². The van der Waals surface area contributed by atoms with E-state index >= 15 is 0 Å². The summed E-state index contributed by atoms with van der Waals surface area (Å²) >= 11 is 0. The van der Waals surface area contributed by atoms with Crippen LogP contribution in [0.5, 0.6) is 0 Å². The van der Waals surface area contributed by atoms with Gasteiger partial charge in [-0.25, -0.2) is 0 Å². The van der Waals surface area contributed by atoms with Gasteiger partial charge in [0.2, 0.25) is 0 Å². The van der Waals surface area contributed by atoms with E-state index in [4.69, 9.17) is 10.2 Å². The van der Waals surface area contributed by atoms with E-state index in [1.807, 2.05) is 12.1 Å². The zero-order chi connectivity index (χ0) is 11.1. The molecule has 1 rings (SSSR count). The third-order valence-electron chi connectivity index (χ3n) is 2.48. The highest BCUT2D eigenvalue weighted by Gasteiger charge is 2.07. The Kier molecular flexibility index (Phi) is 5.43. The lowest BCUT2D eigenvalue weighted by Crippen LogP contribution is -2.39. The van der Waals surface area contributed by atoms with Gasteiger partial charge in [0.25, 0.3) is 0 Å². The van der Waals surface area contributed by atoms with Crippen LogP contribution in [0.4, 0.5) is 0 Å². The van der Waals surface area contributed by atoms with Crippen molar-refractivity contribution < 1.29 is 4.42 Å². The summed E-state index contributed by atoms with van der Waals surface area (Å²) < 4.78 is 5.29. The number of furan rings is 1. The summed E-state index contributed by atoms with van der Waals surface area (Å²) in [5, 5.41) is 3.42. The monoisotopic (exact) mass is 210 g/mol. The zero-order valence-electron chi connectivity index (χ0n) is 9.70. The van der Waals surface area contributed by atoms with E-state index in [9.17, 15) is 0 Å². The molecule has 15 heavy (non-hydrogen) atoms. The first-order valence-electron chi connectivity index (χ1n) is 5.73. The van der Waals surface area contributed by atoms with E-state index in [0.717, 1.165) is 31.6 Å². The predicted octanol–water partition coefficient (Wildman–Crippen LogP) is 1.93. The van der Waals surface area contributed by atoms with Gasteiger partial charge in [-0.3, -0.25) is 0 Å². The molecule has 1 aromatic rings. The van der Waals surface area contributed by atoms with E-state index in [1.165, 1.54) is 0 Å². The second kappa shape index (κ2) is 6.64. The highest BCUT2D eigenvalue weighted by atomic mass is 16.3. The summed E-state index contributed by atoms with van der Waals surface area (Å²) in [5.74, 6) is 1.03. The van der Waals surface area contributed by atoms with Crippen LogP contribution in [0.3, 0.4) is 0 Å². The molecule has 0 saturated carbocycles. The second-order valence-electron chi connectivity index (χ2n) is 4.14. The van der Waals surface area contributed by atoms with E-state index in [2.05, 4.69) is 19.2 Å². The number of nitrogens with one attached hydrogen (secondary N) is 1. The van der Waals surface area contributed by atoms with Crippen molar-refractivity contribution in [3.63, 3.8) is 0 Å². The molecule has 0 aliphatic carbocycles. The van der Waals surface area contributed by atoms with Gasteiger partial charge in [-0.05, 0) is 25.5 Å². The molecule has 1 heterocycles. The van der Waals surface area contributed by atoms with Crippen LogP contribution in [0.1, 0.15) is 32.4 Å². The standard InChI is InChI=1S/C12H22N2O/c1-3-5-11(13)9-14-10(2)8-12-6-4-7-15-12/h4,6-7,10-11,14H,3,5,8-9,13H2,1-2H3. The van der Waals surface area contributed by atoms with Gasteiger partial charge < -0.3 is 15.5 Å². The number of nitrogens with two attached hydrogens (primary N) is 1. The van der Waals surface area contributed by atoms with Crippen LogP contribution in [0.25, 0.3) is 0 Å². The molecular formula is C12H22N2O. The van der Waals surface area contributed by atoms with Crippen LogP contribution in [0, 0.1) is 0 Å². The maximum atomic E-state index is 5.92. The third-order valence-corrected chi connectivity index (χ3v) is 2.48. The Labute approximate surface area is 92.0 Å². The zero-order valence-corrected chi connectivity index (χ0v) is 9.70. The quantitative estimate of drug-likeness (QED) is 0.723. The van der Waals surface area contributed by atoms with Gasteiger partial charge in [-0.15, -0.1) is 0 Å². The third kappa shape index (κ3) is 5.00. The van der Waals surface area contributed by atoms with Gasteiger partial charge in [0.05, 0.1) is 6.26 Å². The van der Waals surface area contributed by atoms with Crippen LogP contribution < -0.4 is 11.1 Å². The van der Waals surface area contributed by atoms with Crippen molar-refractivity contribution in [1.82, 2.24) is 5.32 Å². The first-order valence-corrected chi connectivity index (χ1v) is 5.73. The molecule has 0 fully saturated rings. The summed E-state index contributed by atoms with van der Waals surface area (Å²) in [6, 6.07) is 4.61. The first kappa shape index (κ1) is 12.3. The number of hydrogen-bond donors (Lipinski definition) is 2. The molecule has 0 aromatic carbocycles. The van der Waals surface area contributed by atoms with E-state index in [0.29, 0.717) is 6.04 Å². The summed E-state index contributed by atoms with van der Waals surface area (Å²) in [7, 11) is 0. The van der Waals surface area contributed by atoms with Crippen molar-refractivity contribution in [2.45, 2.75) is 45.2 Å². The molecule has 0 aliphatic heterocycles. The van der Waals surface area contributed by atoms with Gasteiger partial charge in [0.1, 0.15) is 5.76 Å². The Hall–Kier alpha value is -0.800. The van der Waals surface area contributed by atoms with Crippen LogP contribution >= 0.6 is 0 Å². The van der Waals surface area contributed by atoms with Crippen molar-refractivity contribution in [3.8, 4) is 0 Å². The molecular weight excluding hydrogens is 188 g/mol. The van der Waals surface area contributed by atoms with E-state index in [1.54, 1.807) is 6.26 Å². The predicted molar refractivity (Wildman–Crippen MR) is 62.8 cm³/mol. The Balaban J connectivity index is 2.16. The fraction of sp³-hybridized carbons (Fsp3) is 0.667. The summed E-state index contributed by atoms with van der Waals surface area (Å²) in [6.07, 6.45) is 4.87. The molecule has 86 valence electrons. The highest BCUT2D eigenvalue weighted by molar-refractivity contribution is 4.99. The van der Waals surface area contributed by atoms with Gasteiger partial charge in [-0.1, -0.05) is 13.3 Å². The van der Waals surface area contributed by atoms with Gasteiger partial charge >= 0.3 is 0 Å². The van der Waals surface area contributed by atoms with Crippen LogP contribution in [-0.2, 0) is 6.42 Å². The lowest BCUT2D eigenvalue weighted by molar-refractivity contribution is 0.438. The van der Waals surface area contributed by atoms with E-state index in [-0.39, 0.29) is 6.04 Å². The van der Waals surface area contributed by atoms with Crippen molar-refractivity contribution in [2.24, 2.45) is 5.73 Å². The second-order valence-corrected chi connectivity index (χ2v) is 4.14. The lowest BCUT2D eigenvalue weighted by Gasteiger charge is -2.16. The molecule has 0 bridgehead atoms. The maximum absolute atomic E-state index is 5.92.